The number of amides is 1. The molecule has 1 saturated heterocycles. The van der Waals surface area contributed by atoms with E-state index < -0.39 is 11.6 Å². The van der Waals surface area contributed by atoms with Gasteiger partial charge in [-0.25, -0.2) is 8.78 Å². The molecule has 2 unspecified atom stereocenters. The largest absolute Gasteiger partial charge is 0.349 e. The van der Waals surface area contributed by atoms with E-state index >= 15 is 0 Å². The molecule has 1 N–H and O–H groups in total. The highest BCUT2D eigenvalue weighted by molar-refractivity contribution is 5.80. The van der Waals surface area contributed by atoms with Crippen molar-refractivity contribution in [1.82, 2.24) is 5.32 Å². The second kappa shape index (κ2) is 5.04. The Bertz CT molecular complexity index is 642. The molecule has 0 spiro atoms. The monoisotopic (exact) mass is 273 g/mol. The van der Waals surface area contributed by atoms with Crippen LogP contribution in [-0.2, 0) is 4.79 Å². The summed E-state index contributed by atoms with van der Waals surface area (Å²) in [5, 5.41) is 2.84. The van der Waals surface area contributed by atoms with E-state index in [4.69, 9.17) is 0 Å². The molecule has 0 aromatic heterocycles. The fraction of sp³-hybridized carbons (Fsp3) is 0.188. The second-order valence-corrected chi connectivity index (χ2v) is 4.91. The minimum Gasteiger partial charge on any atom is -0.349 e. The Morgan fingerprint density at radius 1 is 1.00 bits per heavy atom. The van der Waals surface area contributed by atoms with Gasteiger partial charge in [-0.05, 0) is 17.2 Å². The lowest BCUT2D eigenvalue weighted by atomic mass is 9.87. The van der Waals surface area contributed by atoms with E-state index in [0.29, 0.717) is 0 Å². The first-order chi connectivity index (χ1) is 9.66. The Hall–Kier alpha value is -2.23. The lowest BCUT2D eigenvalue weighted by Gasteiger charge is -2.20. The number of nitrogens with one attached hydrogen (secondary N) is 1. The molecule has 1 aliphatic heterocycles. The number of hydrogen-bond acceptors (Lipinski definition) is 1. The van der Waals surface area contributed by atoms with E-state index in [1.165, 1.54) is 6.07 Å². The fourth-order valence-electron chi connectivity index (χ4n) is 2.72. The minimum absolute atomic E-state index is 0.146. The van der Waals surface area contributed by atoms with Gasteiger partial charge in [0.2, 0.25) is 5.91 Å². The predicted octanol–water partition coefficient (Wildman–Crippen LogP) is 3.31. The number of halogens is 2. The summed E-state index contributed by atoms with van der Waals surface area (Å²) in [6, 6.07) is 13.1. The topological polar surface area (TPSA) is 29.1 Å². The first-order valence-corrected chi connectivity index (χ1v) is 6.45. The molecule has 102 valence electrons. The van der Waals surface area contributed by atoms with E-state index in [9.17, 15) is 13.6 Å². The van der Waals surface area contributed by atoms with Crippen LogP contribution in [0.5, 0.6) is 0 Å². The van der Waals surface area contributed by atoms with Gasteiger partial charge in [-0.1, -0.05) is 42.5 Å². The number of carbonyl (C=O) groups is 1. The molecule has 20 heavy (non-hydrogen) atoms. The molecule has 2 aromatic carbocycles. The van der Waals surface area contributed by atoms with Crippen LogP contribution in [0.2, 0.25) is 0 Å². The molecule has 3 rings (SSSR count). The molecular weight excluding hydrogens is 260 g/mol. The van der Waals surface area contributed by atoms with Gasteiger partial charge in [-0.15, -0.1) is 0 Å². The molecule has 2 atom stereocenters. The summed E-state index contributed by atoms with van der Waals surface area (Å²) < 4.78 is 27.3. The molecule has 0 bridgehead atoms. The van der Waals surface area contributed by atoms with Crippen molar-refractivity contribution in [2.24, 2.45) is 0 Å². The zero-order valence-electron chi connectivity index (χ0n) is 10.6. The van der Waals surface area contributed by atoms with E-state index in [1.54, 1.807) is 6.07 Å². The lowest BCUT2D eigenvalue weighted by Crippen LogP contribution is -2.20. The number of benzene rings is 2. The summed E-state index contributed by atoms with van der Waals surface area (Å²) in [6.45, 7) is 0. The molecule has 2 nitrogen and oxygen atoms in total. The van der Waals surface area contributed by atoms with Crippen molar-refractivity contribution in [3.63, 3.8) is 0 Å². The molecule has 1 heterocycles. The van der Waals surface area contributed by atoms with E-state index in [0.717, 1.165) is 11.6 Å². The van der Waals surface area contributed by atoms with E-state index in [1.807, 2.05) is 30.3 Å². The summed E-state index contributed by atoms with van der Waals surface area (Å²) in [5.74, 6) is -2.28. The van der Waals surface area contributed by atoms with Crippen molar-refractivity contribution >= 4 is 5.91 Å². The molecule has 1 amide bonds. The van der Waals surface area contributed by atoms with Crippen molar-refractivity contribution < 1.29 is 13.6 Å². The van der Waals surface area contributed by atoms with Crippen LogP contribution in [0.4, 0.5) is 8.78 Å². The van der Waals surface area contributed by atoms with Crippen LogP contribution in [-0.4, -0.2) is 5.91 Å². The zero-order valence-corrected chi connectivity index (χ0v) is 10.6. The van der Waals surface area contributed by atoms with E-state index in [2.05, 4.69) is 5.32 Å². The number of rotatable bonds is 2. The van der Waals surface area contributed by atoms with Gasteiger partial charge in [0.25, 0.3) is 0 Å². The fourth-order valence-corrected chi connectivity index (χ4v) is 2.72. The Morgan fingerprint density at radius 3 is 2.50 bits per heavy atom. The Labute approximate surface area is 115 Å². The normalized spacial score (nSPS) is 21.8. The van der Waals surface area contributed by atoms with Crippen molar-refractivity contribution in [3.05, 3.63) is 71.3 Å². The van der Waals surface area contributed by atoms with Gasteiger partial charge in [0.1, 0.15) is 0 Å². The van der Waals surface area contributed by atoms with Crippen LogP contribution >= 0.6 is 0 Å². The van der Waals surface area contributed by atoms with Crippen molar-refractivity contribution in [2.75, 3.05) is 0 Å². The minimum atomic E-state index is -0.881. The highest BCUT2D eigenvalue weighted by atomic mass is 19.2. The van der Waals surface area contributed by atoms with Gasteiger partial charge in [0.15, 0.2) is 11.6 Å². The Balaban J connectivity index is 2.03. The third-order valence-corrected chi connectivity index (χ3v) is 3.66. The SMILES string of the molecule is O=C1CC(c2cccc(F)c2F)C(c2ccccc2)N1. The molecule has 1 aliphatic rings. The van der Waals surface area contributed by atoms with Crippen LogP contribution in [0.3, 0.4) is 0 Å². The van der Waals surface area contributed by atoms with Gasteiger partial charge in [-0.2, -0.15) is 0 Å². The maximum Gasteiger partial charge on any atom is 0.221 e. The maximum absolute atomic E-state index is 14.0. The lowest BCUT2D eigenvalue weighted by molar-refractivity contribution is -0.119. The molecule has 0 aliphatic carbocycles. The van der Waals surface area contributed by atoms with Gasteiger partial charge in [0.05, 0.1) is 6.04 Å². The molecule has 1 fully saturated rings. The summed E-state index contributed by atoms with van der Waals surface area (Å²) in [6.07, 6.45) is 0.167. The molecule has 4 heteroatoms. The molecule has 0 radical (unpaired) electrons. The van der Waals surface area contributed by atoms with Crippen LogP contribution < -0.4 is 5.32 Å². The van der Waals surface area contributed by atoms with Crippen LogP contribution in [0.1, 0.15) is 29.5 Å². The van der Waals surface area contributed by atoms with Gasteiger partial charge >= 0.3 is 0 Å². The average Bonchev–Trinajstić information content (AvgIpc) is 2.85. The molecule has 0 saturated carbocycles. The average molecular weight is 273 g/mol. The highest BCUT2D eigenvalue weighted by Gasteiger charge is 2.36. The summed E-state index contributed by atoms with van der Waals surface area (Å²) in [4.78, 5) is 11.7. The molecule has 2 aromatic rings. The second-order valence-electron chi connectivity index (χ2n) is 4.91. The van der Waals surface area contributed by atoms with Crippen molar-refractivity contribution in [3.8, 4) is 0 Å². The van der Waals surface area contributed by atoms with Crippen LogP contribution in [0.15, 0.2) is 48.5 Å². The standard InChI is InChI=1S/C16H13F2NO/c17-13-8-4-7-11(15(13)18)12-9-14(20)19-16(12)10-5-2-1-3-6-10/h1-8,12,16H,9H2,(H,19,20). The van der Waals surface area contributed by atoms with Crippen LogP contribution in [0.25, 0.3) is 0 Å². The third-order valence-electron chi connectivity index (χ3n) is 3.66. The zero-order chi connectivity index (χ0) is 14.1. The quantitative estimate of drug-likeness (QED) is 0.893. The maximum atomic E-state index is 14.0. The van der Waals surface area contributed by atoms with E-state index in [-0.39, 0.29) is 29.9 Å². The van der Waals surface area contributed by atoms with Gasteiger partial charge in [0, 0.05) is 12.3 Å². The summed E-state index contributed by atoms with van der Waals surface area (Å²) in [5.41, 5.74) is 1.14. The smallest absolute Gasteiger partial charge is 0.221 e. The van der Waals surface area contributed by atoms with Crippen molar-refractivity contribution in [2.45, 2.75) is 18.4 Å². The summed E-state index contributed by atoms with van der Waals surface area (Å²) >= 11 is 0. The number of hydrogen-bond donors (Lipinski definition) is 1. The summed E-state index contributed by atoms with van der Waals surface area (Å²) in [7, 11) is 0. The van der Waals surface area contributed by atoms with Gasteiger partial charge in [-0.3, -0.25) is 4.79 Å². The highest BCUT2D eigenvalue weighted by Crippen LogP contribution is 2.39. The molecular formula is C16H13F2NO. The van der Waals surface area contributed by atoms with Gasteiger partial charge < -0.3 is 5.32 Å². The predicted molar refractivity (Wildman–Crippen MR) is 71.0 cm³/mol. The number of carbonyl (C=O) groups excluding carboxylic acids is 1. The Kier molecular flexibility index (Phi) is 3.22. The van der Waals surface area contributed by atoms with Crippen molar-refractivity contribution in [1.29, 1.82) is 0 Å². The first kappa shape index (κ1) is 12.8. The Morgan fingerprint density at radius 2 is 1.75 bits per heavy atom. The van der Waals surface area contributed by atoms with Crippen LogP contribution in [0, 0.1) is 11.6 Å². The third kappa shape index (κ3) is 2.18. The first-order valence-electron chi connectivity index (χ1n) is 6.45.